The SMILES string of the molecule is COc1cc(N)ccc1NC(=O)COc1ccccc1Br. The number of ether oxygens (including phenoxy) is 2. The van der Waals surface area contributed by atoms with Crippen LogP contribution in [-0.2, 0) is 4.79 Å². The van der Waals surface area contributed by atoms with Crippen LogP contribution in [-0.4, -0.2) is 19.6 Å². The lowest BCUT2D eigenvalue weighted by Crippen LogP contribution is -2.20. The smallest absolute Gasteiger partial charge is 0.262 e. The van der Waals surface area contributed by atoms with E-state index >= 15 is 0 Å². The number of carbonyl (C=O) groups is 1. The molecule has 2 aromatic carbocycles. The van der Waals surface area contributed by atoms with Crippen LogP contribution in [0.3, 0.4) is 0 Å². The van der Waals surface area contributed by atoms with Gasteiger partial charge >= 0.3 is 0 Å². The summed E-state index contributed by atoms with van der Waals surface area (Å²) in [4.78, 5) is 11.9. The standard InChI is InChI=1S/C15H15BrN2O3/c1-20-14-8-10(17)6-7-12(14)18-15(19)9-21-13-5-3-2-4-11(13)16/h2-8H,9,17H2,1H3,(H,18,19). The minimum Gasteiger partial charge on any atom is -0.494 e. The van der Waals surface area contributed by atoms with Crippen molar-refractivity contribution in [1.82, 2.24) is 0 Å². The Hall–Kier alpha value is -2.21. The molecular weight excluding hydrogens is 336 g/mol. The molecule has 5 nitrogen and oxygen atoms in total. The molecule has 0 saturated carbocycles. The Morgan fingerprint density at radius 2 is 2.00 bits per heavy atom. The van der Waals surface area contributed by atoms with Gasteiger partial charge in [-0.05, 0) is 40.2 Å². The lowest BCUT2D eigenvalue weighted by atomic mass is 10.2. The molecule has 0 atom stereocenters. The summed E-state index contributed by atoms with van der Waals surface area (Å²) in [5, 5.41) is 2.72. The highest BCUT2D eigenvalue weighted by molar-refractivity contribution is 9.10. The number of para-hydroxylation sites is 1. The lowest BCUT2D eigenvalue weighted by molar-refractivity contribution is -0.118. The van der Waals surface area contributed by atoms with E-state index in [4.69, 9.17) is 15.2 Å². The summed E-state index contributed by atoms with van der Waals surface area (Å²) in [6.07, 6.45) is 0. The number of benzene rings is 2. The second kappa shape index (κ2) is 6.99. The summed E-state index contributed by atoms with van der Waals surface area (Å²) in [6.45, 7) is -0.101. The monoisotopic (exact) mass is 350 g/mol. The maximum Gasteiger partial charge on any atom is 0.262 e. The molecule has 0 spiro atoms. The van der Waals surface area contributed by atoms with E-state index in [1.807, 2.05) is 18.2 Å². The molecule has 0 aliphatic rings. The molecule has 0 aliphatic heterocycles. The van der Waals surface area contributed by atoms with E-state index in [0.29, 0.717) is 22.9 Å². The summed E-state index contributed by atoms with van der Waals surface area (Å²) in [5.41, 5.74) is 6.78. The predicted octanol–water partition coefficient (Wildman–Crippen LogP) is 3.06. The molecule has 2 rings (SSSR count). The molecule has 0 bridgehead atoms. The molecule has 21 heavy (non-hydrogen) atoms. The fourth-order valence-corrected chi connectivity index (χ4v) is 2.10. The van der Waals surface area contributed by atoms with Crippen LogP contribution >= 0.6 is 15.9 Å². The highest BCUT2D eigenvalue weighted by Gasteiger charge is 2.09. The number of halogens is 1. The fourth-order valence-electron chi connectivity index (χ4n) is 1.70. The van der Waals surface area contributed by atoms with Gasteiger partial charge in [-0.3, -0.25) is 4.79 Å². The molecule has 2 aromatic rings. The van der Waals surface area contributed by atoms with Gasteiger partial charge in [0.25, 0.3) is 5.91 Å². The summed E-state index contributed by atoms with van der Waals surface area (Å²) in [6, 6.07) is 12.3. The zero-order chi connectivity index (χ0) is 15.2. The zero-order valence-corrected chi connectivity index (χ0v) is 13.0. The molecule has 0 fully saturated rings. The normalized spacial score (nSPS) is 10.0. The van der Waals surface area contributed by atoms with Gasteiger partial charge in [0, 0.05) is 11.8 Å². The van der Waals surface area contributed by atoms with Crippen molar-refractivity contribution in [2.75, 3.05) is 24.8 Å². The van der Waals surface area contributed by atoms with E-state index in [0.717, 1.165) is 4.47 Å². The van der Waals surface area contributed by atoms with Crippen molar-refractivity contribution in [2.24, 2.45) is 0 Å². The third-order valence-electron chi connectivity index (χ3n) is 2.70. The van der Waals surface area contributed by atoms with Crippen LogP contribution in [0.1, 0.15) is 0 Å². The van der Waals surface area contributed by atoms with Gasteiger partial charge in [-0.2, -0.15) is 0 Å². The molecular formula is C15H15BrN2O3. The largest absolute Gasteiger partial charge is 0.494 e. The third kappa shape index (κ3) is 4.13. The first kappa shape index (κ1) is 15.2. The van der Waals surface area contributed by atoms with Crippen molar-refractivity contribution in [3.63, 3.8) is 0 Å². The van der Waals surface area contributed by atoms with Crippen LogP contribution < -0.4 is 20.5 Å². The van der Waals surface area contributed by atoms with Crippen LogP contribution in [0.15, 0.2) is 46.9 Å². The molecule has 0 saturated heterocycles. The quantitative estimate of drug-likeness (QED) is 0.812. The first-order valence-electron chi connectivity index (χ1n) is 6.21. The van der Waals surface area contributed by atoms with E-state index in [1.165, 1.54) is 7.11 Å². The van der Waals surface area contributed by atoms with Crippen LogP contribution in [0.5, 0.6) is 11.5 Å². The maximum atomic E-state index is 11.9. The lowest BCUT2D eigenvalue weighted by Gasteiger charge is -2.12. The van der Waals surface area contributed by atoms with Crippen molar-refractivity contribution in [1.29, 1.82) is 0 Å². The Bertz CT molecular complexity index is 647. The molecule has 0 aromatic heterocycles. The van der Waals surface area contributed by atoms with Gasteiger partial charge in [0.15, 0.2) is 6.61 Å². The topological polar surface area (TPSA) is 73.6 Å². The Kier molecular flexibility index (Phi) is 5.05. The predicted molar refractivity (Wildman–Crippen MR) is 85.7 cm³/mol. The van der Waals surface area contributed by atoms with Crippen molar-refractivity contribution in [3.05, 3.63) is 46.9 Å². The number of amides is 1. The number of nitrogens with one attached hydrogen (secondary N) is 1. The Labute approximate surface area is 131 Å². The summed E-state index contributed by atoms with van der Waals surface area (Å²) in [7, 11) is 1.52. The van der Waals surface area contributed by atoms with Crippen molar-refractivity contribution in [2.45, 2.75) is 0 Å². The van der Waals surface area contributed by atoms with Crippen molar-refractivity contribution < 1.29 is 14.3 Å². The van der Waals surface area contributed by atoms with Crippen LogP contribution in [0.4, 0.5) is 11.4 Å². The van der Waals surface area contributed by atoms with Crippen molar-refractivity contribution >= 4 is 33.2 Å². The number of rotatable bonds is 5. The van der Waals surface area contributed by atoms with Crippen LogP contribution in [0, 0.1) is 0 Å². The van der Waals surface area contributed by atoms with Gasteiger partial charge in [0.05, 0.1) is 17.3 Å². The molecule has 3 N–H and O–H groups in total. The number of hydrogen-bond acceptors (Lipinski definition) is 4. The molecule has 0 radical (unpaired) electrons. The molecule has 110 valence electrons. The third-order valence-corrected chi connectivity index (χ3v) is 3.35. The Morgan fingerprint density at radius 1 is 1.24 bits per heavy atom. The number of anilines is 2. The van der Waals surface area contributed by atoms with E-state index in [9.17, 15) is 4.79 Å². The minimum atomic E-state index is -0.283. The van der Waals surface area contributed by atoms with E-state index in [2.05, 4.69) is 21.2 Å². The van der Waals surface area contributed by atoms with Gasteiger partial charge in [0.1, 0.15) is 11.5 Å². The number of methoxy groups -OCH3 is 1. The van der Waals surface area contributed by atoms with Crippen molar-refractivity contribution in [3.8, 4) is 11.5 Å². The van der Waals surface area contributed by atoms with Gasteiger partial charge in [-0.1, -0.05) is 12.1 Å². The second-order valence-corrected chi connectivity index (χ2v) is 5.08. The van der Waals surface area contributed by atoms with E-state index in [-0.39, 0.29) is 12.5 Å². The summed E-state index contributed by atoms with van der Waals surface area (Å²) >= 11 is 3.35. The molecule has 6 heteroatoms. The van der Waals surface area contributed by atoms with E-state index in [1.54, 1.807) is 24.3 Å². The summed E-state index contributed by atoms with van der Waals surface area (Å²) < 4.78 is 11.4. The summed E-state index contributed by atoms with van der Waals surface area (Å²) in [5.74, 6) is 0.829. The van der Waals surface area contributed by atoms with Gasteiger partial charge in [0.2, 0.25) is 0 Å². The highest BCUT2D eigenvalue weighted by atomic mass is 79.9. The molecule has 0 unspecified atom stereocenters. The van der Waals surface area contributed by atoms with E-state index < -0.39 is 0 Å². The first-order chi connectivity index (χ1) is 10.1. The van der Waals surface area contributed by atoms with Crippen LogP contribution in [0.25, 0.3) is 0 Å². The van der Waals surface area contributed by atoms with Gasteiger partial charge in [-0.15, -0.1) is 0 Å². The molecule has 0 heterocycles. The fraction of sp³-hybridized carbons (Fsp3) is 0.133. The molecule has 0 aliphatic carbocycles. The average Bonchev–Trinajstić information content (AvgIpc) is 2.48. The number of hydrogen-bond donors (Lipinski definition) is 2. The highest BCUT2D eigenvalue weighted by Crippen LogP contribution is 2.27. The maximum absolute atomic E-state index is 11.9. The number of carbonyl (C=O) groups excluding carboxylic acids is 1. The minimum absolute atomic E-state index is 0.101. The molecule has 1 amide bonds. The van der Waals surface area contributed by atoms with Gasteiger partial charge in [-0.25, -0.2) is 0 Å². The Morgan fingerprint density at radius 3 is 2.71 bits per heavy atom. The van der Waals surface area contributed by atoms with Gasteiger partial charge < -0.3 is 20.5 Å². The number of nitrogen functional groups attached to an aromatic ring is 1. The van der Waals surface area contributed by atoms with Crippen LogP contribution in [0.2, 0.25) is 0 Å². The Balaban J connectivity index is 1.98. The average molecular weight is 351 g/mol. The zero-order valence-electron chi connectivity index (χ0n) is 11.4. The first-order valence-corrected chi connectivity index (χ1v) is 7.00. The second-order valence-electron chi connectivity index (χ2n) is 4.23. The number of nitrogens with two attached hydrogens (primary N) is 1.